The Balaban J connectivity index is 3.34. The second kappa shape index (κ2) is 24.6. The van der Waals surface area contributed by atoms with Crippen molar-refractivity contribution < 1.29 is 47.7 Å². The number of carbonyl (C=O) groups excluding carboxylic acids is 5. The van der Waals surface area contributed by atoms with Crippen molar-refractivity contribution >= 4 is 29.8 Å². The molecular formula is C53H90N4O10. The zero-order valence-electron chi connectivity index (χ0n) is 45.0. The molecule has 0 aromatic heterocycles. The summed E-state index contributed by atoms with van der Waals surface area (Å²) in [6, 6.07) is 3.65. The highest BCUT2D eigenvalue weighted by Gasteiger charge is 2.35. The maximum absolute atomic E-state index is 13.1. The Kier molecular flexibility index (Phi) is 22.1. The lowest BCUT2D eigenvalue weighted by atomic mass is 9.74. The second-order valence-electron chi connectivity index (χ2n) is 24.2. The molecule has 14 heteroatoms. The molecule has 0 aliphatic carbocycles. The molecule has 0 fully saturated rings. The molecule has 1 rings (SSSR count). The highest BCUT2D eigenvalue weighted by Crippen LogP contribution is 2.45. The van der Waals surface area contributed by atoms with Gasteiger partial charge in [-0.2, -0.15) is 0 Å². The van der Waals surface area contributed by atoms with Crippen LogP contribution in [0.4, 0.5) is 4.79 Å². The van der Waals surface area contributed by atoms with E-state index >= 15 is 0 Å². The minimum absolute atomic E-state index is 0.106. The first kappa shape index (κ1) is 60.3. The number of alkyl carbamates (subject to hydrolysis) is 1. The molecule has 0 radical (unpaired) electrons. The maximum atomic E-state index is 13.1. The molecule has 14 nitrogen and oxygen atoms in total. The first-order chi connectivity index (χ1) is 30.4. The highest BCUT2D eigenvalue weighted by atomic mass is 16.6. The van der Waals surface area contributed by atoms with Gasteiger partial charge in [-0.3, -0.25) is 19.2 Å². The van der Waals surface area contributed by atoms with Gasteiger partial charge in [0.15, 0.2) is 17.0 Å². The van der Waals surface area contributed by atoms with Crippen molar-refractivity contribution in [3.8, 4) is 29.6 Å². The summed E-state index contributed by atoms with van der Waals surface area (Å²) in [5.74, 6) is 0.635. The van der Waals surface area contributed by atoms with E-state index in [1.54, 1.807) is 20.8 Å². The van der Waals surface area contributed by atoms with E-state index in [0.717, 1.165) is 38.5 Å². The summed E-state index contributed by atoms with van der Waals surface area (Å²) in [7, 11) is 0. The number of rotatable bonds is 28. The molecule has 0 saturated heterocycles. The standard InChI is InChI=1S/C53H90N4O10/c1-21-47(8,9)31-50(14,15)34-64-38-25-37(26-39(65-35-51(16,17)32-48(10,11)22-2)43(38)66-36-52(18,19)33-49(12,13)23-3)30-63-42(60)29-54-40(58)27-55-44(61)53(20,24-4)57-41(59)28-56-45(62)67-46(5,6)7/h4,25-26H,21-23,27-36H2,1-3,5-20H3,(H,54,58)(H,55,61)(H,56,62)(H,57,59)/t53-/m1/s1. The number of hydrogen-bond acceptors (Lipinski definition) is 10. The largest absolute Gasteiger partial charge is 0.489 e. The third-order valence-corrected chi connectivity index (χ3v) is 11.8. The molecule has 1 aromatic carbocycles. The number of terminal acetylenes is 1. The molecule has 67 heavy (non-hydrogen) atoms. The van der Waals surface area contributed by atoms with Crippen LogP contribution in [-0.4, -0.2) is 80.4 Å². The number of benzene rings is 1. The zero-order valence-corrected chi connectivity index (χ0v) is 45.0. The van der Waals surface area contributed by atoms with Gasteiger partial charge in [0.25, 0.3) is 5.91 Å². The molecule has 0 aliphatic heterocycles. The fraction of sp³-hybridized carbons (Fsp3) is 0.755. The monoisotopic (exact) mass is 943 g/mol. The van der Waals surface area contributed by atoms with Crippen LogP contribution in [0.15, 0.2) is 12.1 Å². The van der Waals surface area contributed by atoms with Gasteiger partial charge in [0, 0.05) is 0 Å². The molecule has 382 valence electrons. The lowest BCUT2D eigenvalue weighted by molar-refractivity contribution is -0.145. The quantitative estimate of drug-likeness (QED) is 0.0467. The van der Waals surface area contributed by atoms with E-state index in [1.807, 2.05) is 12.1 Å². The fourth-order valence-electron chi connectivity index (χ4n) is 8.03. The molecule has 4 N–H and O–H groups in total. The van der Waals surface area contributed by atoms with Gasteiger partial charge in [0.2, 0.25) is 17.6 Å². The van der Waals surface area contributed by atoms with Crippen LogP contribution in [0.2, 0.25) is 0 Å². The van der Waals surface area contributed by atoms with Gasteiger partial charge in [-0.05, 0) is 97.1 Å². The van der Waals surface area contributed by atoms with Crippen LogP contribution in [0.3, 0.4) is 0 Å². The van der Waals surface area contributed by atoms with Crippen LogP contribution in [0.5, 0.6) is 17.2 Å². The average molecular weight is 943 g/mol. The minimum Gasteiger partial charge on any atom is -0.489 e. The van der Waals surface area contributed by atoms with Gasteiger partial charge < -0.3 is 45.0 Å². The molecule has 0 bridgehead atoms. The zero-order chi connectivity index (χ0) is 51.9. The first-order valence-electron chi connectivity index (χ1n) is 23.9. The Morgan fingerprint density at radius 3 is 1.37 bits per heavy atom. The van der Waals surface area contributed by atoms with Crippen LogP contribution in [0, 0.1) is 44.8 Å². The normalized spacial score (nSPS) is 13.6. The summed E-state index contributed by atoms with van der Waals surface area (Å²) in [6.07, 6.45) is 10.6. The van der Waals surface area contributed by atoms with Crippen molar-refractivity contribution in [2.24, 2.45) is 32.5 Å². The van der Waals surface area contributed by atoms with Crippen LogP contribution in [0.25, 0.3) is 0 Å². The summed E-state index contributed by atoms with van der Waals surface area (Å²) in [4.78, 5) is 63.2. The molecular weight excluding hydrogens is 853 g/mol. The number of esters is 1. The highest BCUT2D eigenvalue weighted by molar-refractivity contribution is 5.97. The number of nitrogens with one attached hydrogen (secondary N) is 4. The van der Waals surface area contributed by atoms with Gasteiger partial charge in [-0.15, -0.1) is 6.42 Å². The Morgan fingerprint density at radius 2 is 0.970 bits per heavy atom. The topological polar surface area (TPSA) is 180 Å². The first-order valence-corrected chi connectivity index (χ1v) is 23.9. The minimum atomic E-state index is -1.86. The molecule has 0 spiro atoms. The van der Waals surface area contributed by atoms with Crippen molar-refractivity contribution in [2.45, 2.75) is 188 Å². The summed E-state index contributed by atoms with van der Waals surface area (Å²) in [5.41, 5.74) is -2.26. The third kappa shape index (κ3) is 23.8. The number of ether oxygens (including phenoxy) is 5. The van der Waals surface area contributed by atoms with Crippen molar-refractivity contribution in [1.82, 2.24) is 21.3 Å². The Morgan fingerprint density at radius 1 is 0.552 bits per heavy atom. The van der Waals surface area contributed by atoms with Crippen molar-refractivity contribution in [2.75, 3.05) is 39.5 Å². The van der Waals surface area contributed by atoms with E-state index in [2.05, 4.69) is 131 Å². The fourth-order valence-corrected chi connectivity index (χ4v) is 8.03. The molecule has 1 aromatic rings. The maximum Gasteiger partial charge on any atom is 0.408 e. The summed E-state index contributed by atoms with van der Waals surface area (Å²) in [6.45, 7) is 39.2. The number of amides is 4. The Bertz CT molecular complexity index is 1810. The van der Waals surface area contributed by atoms with E-state index in [1.165, 1.54) is 6.92 Å². The van der Waals surface area contributed by atoms with E-state index < -0.39 is 60.6 Å². The SMILES string of the molecule is C#C[C@@](C)(NC(=O)CNC(=O)OC(C)(C)C)C(=O)NCC(=O)NCC(=O)OCc1cc(OCC(C)(C)CC(C)(C)CC)c(OCC(C)(C)CC(C)(C)CC)c(OCC(C)(C)CC(C)(C)CC)c1. The predicted molar refractivity (Wildman–Crippen MR) is 266 cm³/mol. The predicted octanol–water partition coefficient (Wildman–Crippen LogP) is 9.69. The number of carbonyl (C=O) groups is 5. The van der Waals surface area contributed by atoms with Gasteiger partial charge in [-0.25, -0.2) is 4.79 Å². The Hall–Kier alpha value is -4.67. The van der Waals surface area contributed by atoms with Crippen molar-refractivity contribution in [3.05, 3.63) is 17.7 Å². The number of hydrogen-bond donors (Lipinski definition) is 4. The van der Waals surface area contributed by atoms with Crippen molar-refractivity contribution in [3.63, 3.8) is 0 Å². The van der Waals surface area contributed by atoms with Crippen LogP contribution >= 0.6 is 0 Å². The van der Waals surface area contributed by atoms with E-state index in [-0.39, 0.29) is 39.1 Å². The average Bonchev–Trinajstić information content (AvgIpc) is 3.19. The summed E-state index contributed by atoms with van der Waals surface area (Å²) >= 11 is 0. The smallest absolute Gasteiger partial charge is 0.408 e. The van der Waals surface area contributed by atoms with E-state index in [0.29, 0.717) is 42.6 Å². The Labute approximate surface area is 404 Å². The summed E-state index contributed by atoms with van der Waals surface area (Å²) < 4.78 is 31.0. The molecule has 0 unspecified atom stereocenters. The summed E-state index contributed by atoms with van der Waals surface area (Å²) in [5, 5.41) is 9.47. The van der Waals surface area contributed by atoms with Gasteiger partial charge >= 0.3 is 12.1 Å². The van der Waals surface area contributed by atoms with Crippen molar-refractivity contribution in [1.29, 1.82) is 0 Å². The van der Waals surface area contributed by atoms with Crippen LogP contribution < -0.4 is 35.5 Å². The lowest BCUT2D eigenvalue weighted by Crippen LogP contribution is -2.58. The third-order valence-electron chi connectivity index (χ3n) is 11.8. The van der Waals surface area contributed by atoms with E-state index in [4.69, 9.17) is 30.1 Å². The molecule has 4 amide bonds. The molecule has 0 saturated carbocycles. The van der Waals surface area contributed by atoms with E-state index in [9.17, 15) is 24.0 Å². The second-order valence-corrected chi connectivity index (χ2v) is 24.2. The molecule has 0 heterocycles. The van der Waals surface area contributed by atoms with Gasteiger partial charge in [0.05, 0.1) is 26.4 Å². The van der Waals surface area contributed by atoms with Gasteiger partial charge in [-0.1, -0.05) is 129 Å². The molecule has 1 atom stereocenters. The van der Waals surface area contributed by atoms with Crippen LogP contribution in [-0.2, 0) is 35.3 Å². The lowest BCUT2D eigenvalue weighted by Gasteiger charge is -2.36. The molecule has 0 aliphatic rings. The van der Waals surface area contributed by atoms with Gasteiger partial charge in [0.1, 0.15) is 25.3 Å². The van der Waals surface area contributed by atoms with Crippen LogP contribution in [0.1, 0.15) is 176 Å².